The summed E-state index contributed by atoms with van der Waals surface area (Å²) in [6, 6.07) is 14.1. The van der Waals surface area contributed by atoms with E-state index in [0.717, 1.165) is 34.9 Å². The van der Waals surface area contributed by atoms with Gasteiger partial charge in [-0.3, -0.25) is 0 Å². The van der Waals surface area contributed by atoms with E-state index < -0.39 is 0 Å². The van der Waals surface area contributed by atoms with Gasteiger partial charge in [-0.1, -0.05) is 24.3 Å². The third-order valence-corrected chi connectivity index (χ3v) is 3.10. The lowest BCUT2D eigenvalue weighted by atomic mass is 10.1. The largest absolute Gasteiger partial charge is 0.330 e. The van der Waals surface area contributed by atoms with E-state index in [9.17, 15) is 0 Å². The normalized spacial score (nSPS) is 11.2. The van der Waals surface area contributed by atoms with Crippen LogP contribution in [-0.4, -0.2) is 16.5 Å². The second kappa shape index (κ2) is 4.70. The third-order valence-electron chi connectivity index (χ3n) is 3.10. The standard InChI is InChI=1S/C15H15N3/c16-10-4-6-11-5-3-9-14-15(11)18-13-8-2-1-7-12(13)17-14/h1-3,5,7-9H,4,6,10,16H2. The minimum Gasteiger partial charge on any atom is -0.330 e. The van der Waals surface area contributed by atoms with Crippen LogP contribution in [0.15, 0.2) is 42.5 Å². The molecule has 0 bridgehead atoms. The highest BCUT2D eigenvalue weighted by molar-refractivity contribution is 5.87. The Balaban J connectivity index is 2.22. The number of benzene rings is 2. The van der Waals surface area contributed by atoms with Crippen LogP contribution in [0.4, 0.5) is 0 Å². The third kappa shape index (κ3) is 1.93. The Bertz CT molecular complexity index is 691. The Hall–Kier alpha value is -2.00. The van der Waals surface area contributed by atoms with Crippen LogP contribution in [0.25, 0.3) is 22.1 Å². The van der Waals surface area contributed by atoms with Crippen molar-refractivity contribution in [3.05, 3.63) is 48.0 Å². The SMILES string of the molecule is NCCCc1cccc2nc3ccccc3nc12. The zero-order valence-corrected chi connectivity index (χ0v) is 10.1. The molecular formula is C15H15N3. The smallest absolute Gasteiger partial charge is 0.0926 e. The molecule has 18 heavy (non-hydrogen) atoms. The topological polar surface area (TPSA) is 51.8 Å². The van der Waals surface area contributed by atoms with Crippen LogP contribution in [0.1, 0.15) is 12.0 Å². The van der Waals surface area contributed by atoms with Crippen molar-refractivity contribution in [2.75, 3.05) is 6.54 Å². The lowest BCUT2D eigenvalue weighted by molar-refractivity contribution is 0.835. The minimum atomic E-state index is 0.706. The molecule has 1 heterocycles. The van der Waals surface area contributed by atoms with Crippen molar-refractivity contribution >= 4 is 22.1 Å². The first-order chi connectivity index (χ1) is 8.88. The molecule has 0 aliphatic heterocycles. The number of hydrogen-bond acceptors (Lipinski definition) is 3. The molecule has 0 amide bonds. The Morgan fingerprint density at radius 1 is 0.833 bits per heavy atom. The van der Waals surface area contributed by atoms with Gasteiger partial charge in [-0.2, -0.15) is 0 Å². The number of aromatic nitrogens is 2. The fourth-order valence-corrected chi connectivity index (χ4v) is 2.19. The minimum absolute atomic E-state index is 0.706. The number of aryl methyl sites for hydroxylation is 1. The molecule has 0 unspecified atom stereocenters. The zero-order chi connectivity index (χ0) is 12.4. The van der Waals surface area contributed by atoms with Gasteiger partial charge in [0.25, 0.3) is 0 Å². The highest BCUT2D eigenvalue weighted by Crippen LogP contribution is 2.20. The fourth-order valence-electron chi connectivity index (χ4n) is 2.19. The molecule has 2 aromatic carbocycles. The number of para-hydroxylation sites is 3. The molecule has 90 valence electrons. The Labute approximate surface area is 106 Å². The Morgan fingerprint density at radius 3 is 2.33 bits per heavy atom. The van der Waals surface area contributed by atoms with E-state index in [0.29, 0.717) is 6.54 Å². The summed E-state index contributed by atoms with van der Waals surface area (Å²) in [6.07, 6.45) is 1.94. The van der Waals surface area contributed by atoms with Gasteiger partial charge >= 0.3 is 0 Å². The van der Waals surface area contributed by atoms with Gasteiger partial charge in [0, 0.05) is 0 Å². The summed E-state index contributed by atoms with van der Waals surface area (Å²) in [5.74, 6) is 0. The van der Waals surface area contributed by atoms with Gasteiger partial charge in [0.15, 0.2) is 0 Å². The summed E-state index contributed by atoms with van der Waals surface area (Å²) < 4.78 is 0. The van der Waals surface area contributed by atoms with E-state index in [1.165, 1.54) is 5.56 Å². The molecule has 0 saturated heterocycles. The monoisotopic (exact) mass is 237 g/mol. The molecule has 3 aromatic rings. The Morgan fingerprint density at radius 2 is 1.56 bits per heavy atom. The van der Waals surface area contributed by atoms with Crippen LogP contribution < -0.4 is 5.73 Å². The average Bonchev–Trinajstić information content (AvgIpc) is 2.43. The molecule has 3 nitrogen and oxygen atoms in total. The zero-order valence-electron chi connectivity index (χ0n) is 10.1. The van der Waals surface area contributed by atoms with E-state index in [1.807, 2.05) is 36.4 Å². The first-order valence-corrected chi connectivity index (χ1v) is 6.23. The summed E-state index contributed by atoms with van der Waals surface area (Å²) in [5, 5.41) is 0. The summed E-state index contributed by atoms with van der Waals surface area (Å²) in [6.45, 7) is 0.706. The maximum atomic E-state index is 5.57. The van der Waals surface area contributed by atoms with Crippen LogP contribution in [0.5, 0.6) is 0 Å². The highest BCUT2D eigenvalue weighted by Gasteiger charge is 2.05. The Kier molecular flexibility index (Phi) is 2.90. The first-order valence-electron chi connectivity index (χ1n) is 6.23. The number of nitrogens with zero attached hydrogens (tertiary/aromatic N) is 2. The van der Waals surface area contributed by atoms with Gasteiger partial charge in [-0.25, -0.2) is 9.97 Å². The number of nitrogens with two attached hydrogens (primary N) is 1. The lowest BCUT2D eigenvalue weighted by Crippen LogP contribution is -2.01. The van der Waals surface area contributed by atoms with Crippen molar-refractivity contribution in [3.63, 3.8) is 0 Å². The number of rotatable bonds is 3. The van der Waals surface area contributed by atoms with Gasteiger partial charge in [0.05, 0.1) is 22.1 Å². The molecule has 0 saturated carbocycles. The molecule has 3 rings (SSSR count). The van der Waals surface area contributed by atoms with Crippen LogP contribution in [0, 0.1) is 0 Å². The van der Waals surface area contributed by atoms with E-state index in [2.05, 4.69) is 11.1 Å². The molecule has 0 aliphatic rings. The maximum absolute atomic E-state index is 5.57. The molecule has 3 heteroatoms. The second-order valence-electron chi connectivity index (χ2n) is 4.39. The van der Waals surface area contributed by atoms with Gasteiger partial charge in [0.2, 0.25) is 0 Å². The van der Waals surface area contributed by atoms with Crippen molar-refractivity contribution in [1.29, 1.82) is 0 Å². The molecule has 2 N–H and O–H groups in total. The van der Waals surface area contributed by atoms with Crippen LogP contribution >= 0.6 is 0 Å². The molecule has 0 radical (unpaired) electrons. The van der Waals surface area contributed by atoms with Crippen molar-refractivity contribution < 1.29 is 0 Å². The van der Waals surface area contributed by atoms with E-state index in [1.54, 1.807) is 0 Å². The van der Waals surface area contributed by atoms with Gasteiger partial charge in [-0.15, -0.1) is 0 Å². The lowest BCUT2D eigenvalue weighted by Gasteiger charge is -2.06. The van der Waals surface area contributed by atoms with Crippen LogP contribution in [-0.2, 0) is 6.42 Å². The van der Waals surface area contributed by atoms with Crippen molar-refractivity contribution in [2.24, 2.45) is 5.73 Å². The molecule has 1 aromatic heterocycles. The molecular weight excluding hydrogens is 222 g/mol. The van der Waals surface area contributed by atoms with E-state index in [-0.39, 0.29) is 0 Å². The van der Waals surface area contributed by atoms with Gasteiger partial charge < -0.3 is 5.73 Å². The number of hydrogen-bond donors (Lipinski definition) is 1. The molecule has 0 fully saturated rings. The predicted molar refractivity (Wildman–Crippen MR) is 74.4 cm³/mol. The van der Waals surface area contributed by atoms with Crippen molar-refractivity contribution in [2.45, 2.75) is 12.8 Å². The van der Waals surface area contributed by atoms with E-state index >= 15 is 0 Å². The fraction of sp³-hybridized carbons (Fsp3) is 0.200. The number of fused-ring (bicyclic) bond motifs is 2. The summed E-state index contributed by atoms with van der Waals surface area (Å²) >= 11 is 0. The summed E-state index contributed by atoms with van der Waals surface area (Å²) in [7, 11) is 0. The van der Waals surface area contributed by atoms with Crippen molar-refractivity contribution in [3.8, 4) is 0 Å². The van der Waals surface area contributed by atoms with Crippen LogP contribution in [0.3, 0.4) is 0 Å². The van der Waals surface area contributed by atoms with E-state index in [4.69, 9.17) is 10.7 Å². The van der Waals surface area contributed by atoms with Crippen LogP contribution in [0.2, 0.25) is 0 Å². The maximum Gasteiger partial charge on any atom is 0.0926 e. The first kappa shape index (κ1) is 11.1. The quantitative estimate of drug-likeness (QED) is 0.712. The highest BCUT2D eigenvalue weighted by atomic mass is 14.8. The molecule has 0 aliphatic carbocycles. The van der Waals surface area contributed by atoms with Gasteiger partial charge in [-0.05, 0) is 43.1 Å². The van der Waals surface area contributed by atoms with Crippen molar-refractivity contribution in [1.82, 2.24) is 9.97 Å². The summed E-state index contributed by atoms with van der Waals surface area (Å²) in [4.78, 5) is 9.38. The molecule has 0 atom stereocenters. The van der Waals surface area contributed by atoms with Gasteiger partial charge in [0.1, 0.15) is 0 Å². The summed E-state index contributed by atoms with van der Waals surface area (Å²) in [5.41, 5.74) is 10.7. The molecule has 0 spiro atoms. The second-order valence-corrected chi connectivity index (χ2v) is 4.39. The predicted octanol–water partition coefficient (Wildman–Crippen LogP) is 2.67. The average molecular weight is 237 g/mol.